The average Bonchev–Trinajstić information content (AvgIpc) is 2.85. The van der Waals surface area contributed by atoms with E-state index in [-0.39, 0.29) is 23.5 Å². The molecule has 0 aliphatic carbocycles. The summed E-state index contributed by atoms with van der Waals surface area (Å²) in [7, 11) is 1.14. The number of nitrogens with one attached hydrogen (secondary N) is 2. The number of terminal acetylenes is 1. The topological polar surface area (TPSA) is 154 Å². The van der Waals surface area contributed by atoms with Crippen LogP contribution in [0.2, 0.25) is 0 Å². The third-order valence-electron chi connectivity index (χ3n) is 5.11. The molecule has 2 atom stereocenters. The number of amides is 3. The summed E-state index contributed by atoms with van der Waals surface area (Å²) in [6.45, 7) is 4.43. The average molecular weight is 526 g/mol. The van der Waals surface area contributed by atoms with Gasteiger partial charge >= 0.3 is 12.1 Å². The van der Waals surface area contributed by atoms with Crippen molar-refractivity contribution in [2.75, 3.05) is 13.7 Å². The van der Waals surface area contributed by atoms with E-state index in [0.29, 0.717) is 5.56 Å². The fourth-order valence-corrected chi connectivity index (χ4v) is 3.40. The van der Waals surface area contributed by atoms with E-state index in [4.69, 9.17) is 11.2 Å². The number of rotatable bonds is 9. The number of nitrogens with zero attached hydrogens (tertiary/aromatic N) is 1. The highest BCUT2D eigenvalue weighted by Crippen LogP contribution is 2.29. The Morgan fingerprint density at radius 3 is 2.24 bits per heavy atom. The summed E-state index contributed by atoms with van der Waals surface area (Å²) in [6, 6.07) is 11.0. The largest absolute Gasteiger partial charge is 0.508 e. The van der Waals surface area contributed by atoms with E-state index in [1.165, 1.54) is 36.4 Å². The molecule has 2 aromatic rings. The molecule has 2 aromatic carbocycles. The van der Waals surface area contributed by atoms with Gasteiger partial charge in [-0.05, 0) is 44.5 Å². The van der Waals surface area contributed by atoms with E-state index < -0.39 is 48.1 Å². The van der Waals surface area contributed by atoms with E-state index in [2.05, 4.69) is 21.4 Å². The third kappa shape index (κ3) is 8.44. The number of ether oxygens (including phenoxy) is 2. The molecule has 0 radical (unpaired) electrons. The van der Waals surface area contributed by atoms with Crippen LogP contribution in [0.4, 0.5) is 4.79 Å². The zero-order valence-corrected chi connectivity index (χ0v) is 21.6. The monoisotopic (exact) mass is 525 g/mol. The zero-order chi connectivity index (χ0) is 28.5. The van der Waals surface area contributed by atoms with Gasteiger partial charge in [0.1, 0.15) is 29.7 Å². The maximum Gasteiger partial charge on any atom is 0.408 e. The molecule has 0 spiro atoms. The molecule has 11 nitrogen and oxygen atoms in total. The number of phenolic OH excluding ortho intramolecular Hbond substituents is 2. The van der Waals surface area contributed by atoms with Crippen molar-refractivity contribution in [3.63, 3.8) is 0 Å². The van der Waals surface area contributed by atoms with Gasteiger partial charge in [0.15, 0.2) is 6.04 Å². The minimum absolute atomic E-state index is 0.00359. The van der Waals surface area contributed by atoms with Gasteiger partial charge in [0.05, 0.1) is 7.11 Å². The molecule has 0 bridgehead atoms. The van der Waals surface area contributed by atoms with Crippen LogP contribution in [-0.4, -0.2) is 64.3 Å². The number of methoxy groups -OCH3 is 1. The van der Waals surface area contributed by atoms with Crippen LogP contribution < -0.4 is 10.6 Å². The van der Waals surface area contributed by atoms with Crippen molar-refractivity contribution >= 4 is 23.9 Å². The van der Waals surface area contributed by atoms with Crippen molar-refractivity contribution in [3.05, 3.63) is 59.7 Å². The lowest BCUT2D eigenvalue weighted by Crippen LogP contribution is -2.52. The summed E-state index contributed by atoms with van der Waals surface area (Å²) in [5.41, 5.74) is -0.320. The number of alkyl carbamates (subject to hydrolysis) is 1. The molecular formula is C27H31N3O8. The fourth-order valence-electron chi connectivity index (χ4n) is 3.40. The standard InChI is InChI=1S/C27H31N3O8/c1-6-30(23(19-9-7-8-10-21(19)32)24(34)28-16-22(33)37-5)25(35)20(29-26(36)38-27(2,3)4)15-17-11-13-18(31)14-12-17/h1,7-14,20,23,31-32H,15-16H2,2-5H3,(H,28,34)(H,29,36). The normalized spacial score (nSPS) is 12.3. The number of esters is 1. The van der Waals surface area contributed by atoms with Gasteiger partial charge in [-0.3, -0.25) is 19.3 Å². The van der Waals surface area contributed by atoms with Gasteiger partial charge in [0.2, 0.25) is 5.91 Å². The van der Waals surface area contributed by atoms with E-state index in [1.54, 1.807) is 32.9 Å². The van der Waals surface area contributed by atoms with Crippen LogP contribution in [0.1, 0.15) is 37.9 Å². The van der Waals surface area contributed by atoms with Gasteiger partial charge in [-0.15, -0.1) is 0 Å². The van der Waals surface area contributed by atoms with Crippen LogP contribution in [0.3, 0.4) is 0 Å². The van der Waals surface area contributed by atoms with Gasteiger partial charge in [0.25, 0.3) is 5.91 Å². The third-order valence-corrected chi connectivity index (χ3v) is 5.11. The first kappa shape index (κ1) is 29.5. The number of hydrogen-bond donors (Lipinski definition) is 4. The molecule has 202 valence electrons. The Bertz CT molecular complexity index is 1200. The first-order chi connectivity index (χ1) is 17.9. The van der Waals surface area contributed by atoms with Crippen molar-refractivity contribution in [1.82, 2.24) is 15.5 Å². The predicted octanol–water partition coefficient (Wildman–Crippen LogP) is 1.98. The van der Waals surface area contributed by atoms with Crippen LogP contribution >= 0.6 is 0 Å². The van der Waals surface area contributed by atoms with Gasteiger partial charge in [-0.2, -0.15) is 0 Å². The SMILES string of the molecule is C#CN(C(=O)C(Cc1ccc(O)cc1)NC(=O)OC(C)(C)C)C(C(=O)NCC(=O)OC)c1ccccc1O. The predicted molar refractivity (Wildman–Crippen MR) is 137 cm³/mol. The Morgan fingerprint density at radius 2 is 1.68 bits per heavy atom. The highest BCUT2D eigenvalue weighted by atomic mass is 16.6. The van der Waals surface area contributed by atoms with E-state index in [9.17, 15) is 29.4 Å². The highest BCUT2D eigenvalue weighted by Gasteiger charge is 2.37. The Morgan fingerprint density at radius 1 is 1.05 bits per heavy atom. The Labute approximate surface area is 220 Å². The van der Waals surface area contributed by atoms with Crippen LogP contribution in [0.5, 0.6) is 11.5 Å². The minimum atomic E-state index is -1.57. The molecule has 4 N–H and O–H groups in total. The zero-order valence-electron chi connectivity index (χ0n) is 21.6. The van der Waals surface area contributed by atoms with Crippen molar-refractivity contribution in [2.24, 2.45) is 0 Å². The molecule has 2 rings (SSSR count). The molecular weight excluding hydrogens is 494 g/mol. The van der Waals surface area contributed by atoms with Crippen LogP contribution in [-0.2, 0) is 30.3 Å². The van der Waals surface area contributed by atoms with Crippen molar-refractivity contribution in [3.8, 4) is 24.0 Å². The summed E-state index contributed by atoms with van der Waals surface area (Å²) < 4.78 is 9.83. The number of carbonyl (C=O) groups is 4. The smallest absolute Gasteiger partial charge is 0.408 e. The number of aromatic hydroxyl groups is 2. The molecule has 0 aromatic heterocycles. The molecule has 0 fully saturated rings. The minimum Gasteiger partial charge on any atom is -0.508 e. The van der Waals surface area contributed by atoms with Crippen molar-refractivity contribution in [2.45, 2.75) is 44.9 Å². The molecule has 0 saturated carbocycles. The first-order valence-electron chi connectivity index (χ1n) is 11.6. The number of phenols is 2. The van der Waals surface area contributed by atoms with Crippen LogP contribution in [0, 0.1) is 12.5 Å². The summed E-state index contributed by atoms with van der Waals surface area (Å²) in [4.78, 5) is 51.9. The Kier molecular flexibility index (Phi) is 10.1. The number of benzene rings is 2. The number of para-hydroxylation sites is 1. The summed E-state index contributed by atoms with van der Waals surface area (Å²) in [5.74, 6) is -2.81. The number of carbonyl (C=O) groups excluding carboxylic acids is 4. The molecule has 0 saturated heterocycles. The Hall–Kier alpha value is -4.72. The molecule has 3 amide bonds. The van der Waals surface area contributed by atoms with Crippen molar-refractivity contribution in [1.29, 1.82) is 0 Å². The lowest BCUT2D eigenvalue weighted by molar-refractivity contribution is -0.142. The van der Waals surface area contributed by atoms with Crippen molar-refractivity contribution < 1.29 is 38.9 Å². The van der Waals surface area contributed by atoms with E-state index in [0.717, 1.165) is 12.0 Å². The second-order valence-corrected chi connectivity index (χ2v) is 9.16. The van der Waals surface area contributed by atoms with Gasteiger partial charge in [0, 0.05) is 18.0 Å². The summed E-state index contributed by atoms with van der Waals surface area (Å²) >= 11 is 0. The maximum atomic E-state index is 13.8. The molecule has 11 heteroatoms. The van der Waals surface area contributed by atoms with E-state index >= 15 is 0 Å². The molecule has 38 heavy (non-hydrogen) atoms. The molecule has 2 unspecified atom stereocenters. The van der Waals surface area contributed by atoms with Gasteiger partial charge < -0.3 is 30.3 Å². The maximum absolute atomic E-state index is 13.8. The first-order valence-corrected chi connectivity index (χ1v) is 11.6. The lowest BCUT2D eigenvalue weighted by Gasteiger charge is -2.30. The lowest BCUT2D eigenvalue weighted by atomic mass is 10.00. The summed E-state index contributed by atoms with van der Waals surface area (Å²) in [6.07, 6.45) is 4.71. The van der Waals surface area contributed by atoms with E-state index in [1.807, 2.05) is 0 Å². The van der Waals surface area contributed by atoms with Crippen LogP contribution in [0.15, 0.2) is 48.5 Å². The fraction of sp³-hybridized carbons (Fsp3) is 0.333. The van der Waals surface area contributed by atoms with Gasteiger partial charge in [-0.25, -0.2) is 4.79 Å². The second kappa shape index (κ2) is 13.0. The quantitative estimate of drug-likeness (QED) is 0.220. The van der Waals surface area contributed by atoms with Crippen LogP contribution in [0.25, 0.3) is 0 Å². The molecule has 0 aliphatic rings. The number of hydrogen-bond acceptors (Lipinski definition) is 8. The Balaban J connectivity index is 2.49. The molecule has 0 heterocycles. The highest BCUT2D eigenvalue weighted by molar-refractivity contribution is 5.94. The van der Waals surface area contributed by atoms with Gasteiger partial charge in [-0.1, -0.05) is 36.8 Å². The second-order valence-electron chi connectivity index (χ2n) is 9.16. The summed E-state index contributed by atoms with van der Waals surface area (Å²) in [5, 5.41) is 24.9. The molecule has 0 aliphatic heterocycles.